The first-order valence-electron chi connectivity index (χ1n) is 3.99. The molecule has 0 spiro atoms. The Morgan fingerprint density at radius 1 is 1.43 bits per heavy atom. The zero-order valence-electron chi connectivity index (χ0n) is 8.70. The molecule has 2 rings (SSSR count). The van der Waals surface area contributed by atoms with Crippen LogP contribution in [-0.4, -0.2) is 12.1 Å². The Bertz CT molecular complexity index is 450. The van der Waals surface area contributed by atoms with Gasteiger partial charge in [-0.3, -0.25) is 4.98 Å². The molecule has 0 aliphatic carbocycles. The summed E-state index contributed by atoms with van der Waals surface area (Å²) >= 11 is 0. The van der Waals surface area contributed by atoms with Crippen LogP contribution in [-0.2, 0) is 0 Å². The smallest absolute Gasteiger partial charge is 1.00 e. The minimum Gasteiger partial charge on any atom is -1.00 e. The summed E-state index contributed by atoms with van der Waals surface area (Å²) in [5.74, 6) is 0.762. The molecule has 1 aromatic carbocycles. The van der Waals surface area contributed by atoms with Crippen molar-refractivity contribution < 1.29 is 23.1 Å². The van der Waals surface area contributed by atoms with Crippen molar-refractivity contribution in [1.82, 2.24) is 4.98 Å². The van der Waals surface area contributed by atoms with Crippen LogP contribution in [0.5, 0.6) is 5.75 Å². The number of hydrogen-bond acceptors (Lipinski definition) is 3. The molecule has 2 aromatic rings. The number of nitrogen functional groups attached to an aromatic ring is 1. The highest BCUT2D eigenvalue weighted by Crippen LogP contribution is 2.24. The van der Waals surface area contributed by atoms with Gasteiger partial charge in [-0.1, -0.05) is 6.07 Å². The Morgan fingerprint density at radius 2 is 2.21 bits per heavy atom. The Morgan fingerprint density at radius 3 is 2.93 bits per heavy atom. The van der Waals surface area contributed by atoms with Crippen molar-refractivity contribution in [2.75, 3.05) is 12.8 Å². The number of nitrogens with two attached hydrogens (primary N) is 1. The summed E-state index contributed by atoms with van der Waals surface area (Å²) in [6, 6.07) is 7.52. The number of nitrogens with zero attached hydrogens (tertiary/aromatic N) is 1. The lowest BCUT2D eigenvalue weighted by Crippen LogP contribution is -3.00. The third-order valence-corrected chi connectivity index (χ3v) is 1.94. The highest BCUT2D eigenvalue weighted by atomic mass is 79.9. The molecule has 2 N–H and O–H groups in total. The van der Waals surface area contributed by atoms with E-state index in [2.05, 4.69) is 4.98 Å². The van der Waals surface area contributed by atoms with Gasteiger partial charge in [-0.25, -0.2) is 0 Å². The van der Waals surface area contributed by atoms with Crippen molar-refractivity contribution in [3.8, 4) is 5.75 Å². The zero-order valence-corrected chi connectivity index (χ0v) is 9.28. The van der Waals surface area contributed by atoms with Crippen LogP contribution in [0.25, 0.3) is 10.9 Å². The highest BCUT2D eigenvalue weighted by Gasteiger charge is 2.01. The Labute approximate surface area is 94.1 Å². The van der Waals surface area contributed by atoms with Crippen molar-refractivity contribution in [3.63, 3.8) is 0 Å². The minimum atomic E-state index is 0. The lowest BCUT2D eigenvalue weighted by Gasteiger charge is -2.04. The molecule has 1 heterocycles. The molecule has 0 amide bonds. The second-order valence-electron chi connectivity index (χ2n) is 2.79. The normalized spacial score (nSPS) is 9.50. The summed E-state index contributed by atoms with van der Waals surface area (Å²) in [5.41, 5.74) is 7.26. The molecule has 0 radical (unpaired) electrons. The number of rotatable bonds is 1. The summed E-state index contributed by atoms with van der Waals surface area (Å²) in [6.45, 7) is 0. The van der Waals surface area contributed by atoms with Gasteiger partial charge in [0.25, 0.3) is 0 Å². The maximum absolute atomic E-state index is 5.79. The Hall–Kier alpha value is -1.29. The van der Waals surface area contributed by atoms with Crippen molar-refractivity contribution in [2.24, 2.45) is 0 Å². The molecule has 0 unspecified atom stereocenters. The fraction of sp³-hybridized carbons (Fsp3) is 0.100. The number of aromatic nitrogens is 1. The number of methoxy groups -OCH3 is 1. The molecule has 3 nitrogen and oxygen atoms in total. The van der Waals surface area contributed by atoms with Gasteiger partial charge in [0.05, 0.1) is 18.3 Å². The molecule has 0 saturated heterocycles. The van der Waals surface area contributed by atoms with Crippen molar-refractivity contribution in [1.29, 1.82) is 0 Å². The van der Waals surface area contributed by atoms with Crippen LogP contribution in [0.3, 0.4) is 0 Å². The molecular weight excluding hydrogens is 244 g/mol. The number of benzene rings is 1. The average molecular weight is 255 g/mol. The summed E-state index contributed by atoms with van der Waals surface area (Å²) in [4.78, 5) is 4.18. The molecule has 0 aliphatic heterocycles. The van der Waals surface area contributed by atoms with Gasteiger partial charge in [0.15, 0.2) is 0 Å². The Kier molecular flexibility index (Phi) is 3.30. The van der Waals surface area contributed by atoms with E-state index in [1.165, 1.54) is 0 Å². The standard InChI is InChI=1S/C10H10N2O.BrH/c1-13-8-5-7-3-2-4-12-10(7)9(11)6-8;/h2-6H,11H2,1H3;1H. The third-order valence-electron chi connectivity index (χ3n) is 1.94. The summed E-state index contributed by atoms with van der Waals surface area (Å²) in [6.07, 6.45) is 1.73. The second-order valence-corrected chi connectivity index (χ2v) is 2.79. The molecule has 0 fully saturated rings. The maximum Gasteiger partial charge on any atom is 1.00 e. The van der Waals surface area contributed by atoms with Crippen LogP contribution in [0, 0.1) is 0 Å². The Balaban J connectivity index is 0.000000980. The van der Waals surface area contributed by atoms with E-state index < -0.39 is 0 Å². The van der Waals surface area contributed by atoms with E-state index in [4.69, 9.17) is 10.5 Å². The van der Waals surface area contributed by atoms with Crippen LogP contribution in [0.1, 0.15) is 1.43 Å². The molecule has 1 aromatic heterocycles. The molecule has 14 heavy (non-hydrogen) atoms. The van der Waals surface area contributed by atoms with E-state index in [1.807, 2.05) is 18.2 Å². The first-order valence-corrected chi connectivity index (χ1v) is 3.99. The molecule has 0 aliphatic rings. The van der Waals surface area contributed by atoms with E-state index in [9.17, 15) is 0 Å². The number of hydrogen-bond donors (Lipinski definition) is 1. The van der Waals surface area contributed by atoms with E-state index in [0.29, 0.717) is 5.69 Å². The van der Waals surface area contributed by atoms with Crippen molar-refractivity contribution in [2.45, 2.75) is 0 Å². The lowest BCUT2D eigenvalue weighted by molar-refractivity contribution is -0.00000301. The zero-order chi connectivity index (χ0) is 9.26. The molecule has 4 heteroatoms. The maximum atomic E-state index is 5.79. The molecular formula is C10H11BrN2O. The van der Waals surface area contributed by atoms with Gasteiger partial charge < -0.3 is 27.5 Å². The second kappa shape index (κ2) is 4.28. The quantitative estimate of drug-likeness (QED) is 0.661. The number of pyridine rings is 1. The van der Waals surface area contributed by atoms with Crippen LogP contribution in [0.15, 0.2) is 30.5 Å². The largest absolute Gasteiger partial charge is 1.00 e. The van der Waals surface area contributed by atoms with Gasteiger partial charge in [0, 0.05) is 17.6 Å². The molecule has 0 atom stereocenters. The fourth-order valence-electron chi connectivity index (χ4n) is 1.31. The predicted molar refractivity (Wildman–Crippen MR) is 53.8 cm³/mol. The van der Waals surface area contributed by atoms with Crippen LogP contribution in [0.2, 0.25) is 0 Å². The van der Waals surface area contributed by atoms with Crippen LogP contribution >= 0.6 is 0 Å². The molecule has 0 bridgehead atoms. The summed E-state index contributed by atoms with van der Waals surface area (Å²) < 4.78 is 5.10. The topological polar surface area (TPSA) is 48.1 Å². The minimum absolute atomic E-state index is 0. The SMILES string of the molecule is COc1cc(N)c2ncccc2c1.[Br-].[H+]. The first-order chi connectivity index (χ1) is 6.31. The van der Waals surface area contributed by atoms with Crippen LogP contribution < -0.4 is 27.5 Å². The number of anilines is 1. The van der Waals surface area contributed by atoms with Gasteiger partial charge in [-0.05, 0) is 12.1 Å². The van der Waals surface area contributed by atoms with Gasteiger partial charge in [0.1, 0.15) is 5.75 Å². The number of halogens is 1. The average Bonchev–Trinajstić information content (AvgIpc) is 2.18. The summed E-state index contributed by atoms with van der Waals surface area (Å²) in [5, 5.41) is 0.999. The van der Waals surface area contributed by atoms with Gasteiger partial charge in [-0.2, -0.15) is 0 Å². The van der Waals surface area contributed by atoms with Crippen molar-refractivity contribution in [3.05, 3.63) is 30.5 Å². The predicted octanol–water partition coefficient (Wildman–Crippen LogP) is -1.06. The van der Waals surface area contributed by atoms with E-state index >= 15 is 0 Å². The highest BCUT2D eigenvalue weighted by molar-refractivity contribution is 5.90. The van der Waals surface area contributed by atoms with Crippen LogP contribution in [0.4, 0.5) is 5.69 Å². The first kappa shape index (κ1) is 10.8. The van der Waals surface area contributed by atoms with E-state index in [0.717, 1.165) is 16.7 Å². The van der Waals surface area contributed by atoms with Gasteiger partial charge in [-0.15, -0.1) is 0 Å². The number of ether oxygens (including phenoxy) is 1. The van der Waals surface area contributed by atoms with Gasteiger partial charge in [0.2, 0.25) is 0 Å². The molecule has 0 saturated carbocycles. The van der Waals surface area contributed by atoms with E-state index in [-0.39, 0.29) is 18.4 Å². The number of fused-ring (bicyclic) bond motifs is 1. The van der Waals surface area contributed by atoms with E-state index in [1.54, 1.807) is 19.4 Å². The van der Waals surface area contributed by atoms with Crippen molar-refractivity contribution >= 4 is 16.6 Å². The fourth-order valence-corrected chi connectivity index (χ4v) is 1.31. The monoisotopic (exact) mass is 254 g/mol. The third kappa shape index (κ3) is 1.80. The lowest BCUT2D eigenvalue weighted by atomic mass is 10.2. The van der Waals surface area contributed by atoms with Gasteiger partial charge >= 0.3 is 1.43 Å². The molecule has 74 valence electrons. The summed E-state index contributed by atoms with van der Waals surface area (Å²) in [7, 11) is 1.62.